The minimum absolute atomic E-state index is 0.223. The third-order valence-electron chi connectivity index (χ3n) is 3.87. The maximum Gasteiger partial charge on any atom is 0.118 e. The van der Waals surface area contributed by atoms with Crippen LogP contribution in [0.4, 0.5) is 0 Å². The van der Waals surface area contributed by atoms with E-state index in [9.17, 15) is 0 Å². The SMILES string of the molecule is CCNCC1(c2ccc(OC)cc2)CCOCC1. The van der Waals surface area contributed by atoms with E-state index in [1.54, 1.807) is 7.11 Å². The summed E-state index contributed by atoms with van der Waals surface area (Å²) in [6.07, 6.45) is 2.18. The van der Waals surface area contributed by atoms with Gasteiger partial charge in [0, 0.05) is 25.2 Å². The number of nitrogens with one attached hydrogen (secondary N) is 1. The van der Waals surface area contributed by atoms with Crippen LogP contribution in [0.2, 0.25) is 0 Å². The molecule has 100 valence electrons. The number of rotatable bonds is 5. The maximum atomic E-state index is 5.52. The van der Waals surface area contributed by atoms with Gasteiger partial charge < -0.3 is 14.8 Å². The Hall–Kier alpha value is -1.06. The van der Waals surface area contributed by atoms with Crippen LogP contribution >= 0.6 is 0 Å². The van der Waals surface area contributed by atoms with Crippen molar-refractivity contribution in [1.29, 1.82) is 0 Å². The van der Waals surface area contributed by atoms with Crippen LogP contribution < -0.4 is 10.1 Å². The van der Waals surface area contributed by atoms with Gasteiger partial charge in [-0.2, -0.15) is 0 Å². The predicted molar refractivity (Wildman–Crippen MR) is 73.3 cm³/mol. The lowest BCUT2D eigenvalue weighted by Gasteiger charge is -2.38. The van der Waals surface area contributed by atoms with Crippen molar-refractivity contribution in [3.05, 3.63) is 29.8 Å². The highest BCUT2D eigenvalue weighted by atomic mass is 16.5. The van der Waals surface area contributed by atoms with Crippen LogP contribution in [0.1, 0.15) is 25.3 Å². The molecule has 1 aromatic carbocycles. The number of likely N-dealkylation sites (N-methyl/N-ethyl adjacent to an activating group) is 1. The fraction of sp³-hybridized carbons (Fsp3) is 0.600. The molecule has 1 aliphatic heterocycles. The molecule has 1 aromatic rings. The molecule has 0 radical (unpaired) electrons. The Morgan fingerprint density at radius 1 is 1.22 bits per heavy atom. The molecule has 3 heteroatoms. The molecule has 0 unspecified atom stereocenters. The van der Waals surface area contributed by atoms with Crippen molar-refractivity contribution in [2.45, 2.75) is 25.2 Å². The molecule has 0 aliphatic carbocycles. The highest BCUT2D eigenvalue weighted by Gasteiger charge is 2.33. The van der Waals surface area contributed by atoms with Crippen molar-refractivity contribution < 1.29 is 9.47 Å². The summed E-state index contributed by atoms with van der Waals surface area (Å²) >= 11 is 0. The van der Waals surface area contributed by atoms with Crippen molar-refractivity contribution in [2.24, 2.45) is 0 Å². The monoisotopic (exact) mass is 249 g/mol. The second-order valence-electron chi connectivity index (χ2n) is 4.90. The average Bonchev–Trinajstić information content (AvgIpc) is 2.46. The van der Waals surface area contributed by atoms with Crippen molar-refractivity contribution in [2.75, 3.05) is 33.4 Å². The Bertz CT molecular complexity index is 355. The van der Waals surface area contributed by atoms with E-state index in [4.69, 9.17) is 9.47 Å². The third kappa shape index (κ3) is 2.85. The number of benzene rings is 1. The molecule has 2 rings (SSSR count). The molecule has 0 spiro atoms. The summed E-state index contributed by atoms with van der Waals surface area (Å²) in [5, 5.41) is 3.50. The highest BCUT2D eigenvalue weighted by molar-refractivity contribution is 5.33. The predicted octanol–water partition coefficient (Wildman–Crippen LogP) is 2.35. The van der Waals surface area contributed by atoms with Gasteiger partial charge in [0.2, 0.25) is 0 Å². The van der Waals surface area contributed by atoms with Gasteiger partial charge in [0.1, 0.15) is 5.75 Å². The van der Waals surface area contributed by atoms with Crippen LogP contribution in [-0.4, -0.2) is 33.4 Å². The summed E-state index contributed by atoms with van der Waals surface area (Å²) in [5.74, 6) is 0.921. The molecular weight excluding hydrogens is 226 g/mol. The van der Waals surface area contributed by atoms with E-state index in [0.29, 0.717) is 0 Å². The van der Waals surface area contributed by atoms with Gasteiger partial charge in [-0.25, -0.2) is 0 Å². The van der Waals surface area contributed by atoms with E-state index in [1.165, 1.54) is 5.56 Å². The number of methoxy groups -OCH3 is 1. The molecule has 0 aromatic heterocycles. The van der Waals surface area contributed by atoms with Crippen LogP contribution in [0.5, 0.6) is 5.75 Å². The normalized spacial score (nSPS) is 18.6. The van der Waals surface area contributed by atoms with Gasteiger partial charge in [-0.05, 0) is 37.1 Å². The van der Waals surface area contributed by atoms with E-state index in [1.807, 2.05) is 0 Å². The first-order valence-corrected chi connectivity index (χ1v) is 6.74. The molecule has 0 bridgehead atoms. The molecule has 0 saturated carbocycles. The van der Waals surface area contributed by atoms with Gasteiger partial charge in [0.25, 0.3) is 0 Å². The second-order valence-corrected chi connectivity index (χ2v) is 4.90. The van der Waals surface area contributed by atoms with Crippen LogP contribution in [0.3, 0.4) is 0 Å². The summed E-state index contributed by atoms with van der Waals surface area (Å²) in [4.78, 5) is 0. The summed E-state index contributed by atoms with van der Waals surface area (Å²) in [5.41, 5.74) is 1.62. The minimum atomic E-state index is 0.223. The molecular formula is C15H23NO2. The molecule has 1 N–H and O–H groups in total. The van der Waals surface area contributed by atoms with Crippen LogP contribution in [-0.2, 0) is 10.2 Å². The van der Waals surface area contributed by atoms with Crippen molar-refractivity contribution in [3.8, 4) is 5.75 Å². The summed E-state index contributed by atoms with van der Waals surface area (Å²) in [6.45, 7) is 5.91. The fourth-order valence-corrected chi connectivity index (χ4v) is 2.64. The van der Waals surface area contributed by atoms with Crippen molar-refractivity contribution in [1.82, 2.24) is 5.32 Å². The Balaban J connectivity index is 2.20. The van der Waals surface area contributed by atoms with E-state index in [0.717, 1.165) is 44.9 Å². The van der Waals surface area contributed by atoms with Gasteiger partial charge in [-0.3, -0.25) is 0 Å². The topological polar surface area (TPSA) is 30.5 Å². The Labute approximate surface area is 109 Å². The minimum Gasteiger partial charge on any atom is -0.497 e. The van der Waals surface area contributed by atoms with Crippen LogP contribution in [0.15, 0.2) is 24.3 Å². The van der Waals surface area contributed by atoms with Gasteiger partial charge in [0.15, 0.2) is 0 Å². The van der Waals surface area contributed by atoms with Gasteiger partial charge in [-0.1, -0.05) is 19.1 Å². The summed E-state index contributed by atoms with van der Waals surface area (Å²) in [7, 11) is 1.71. The van der Waals surface area contributed by atoms with E-state index < -0.39 is 0 Å². The molecule has 1 saturated heterocycles. The fourth-order valence-electron chi connectivity index (χ4n) is 2.64. The molecule has 1 fully saturated rings. The summed E-state index contributed by atoms with van der Waals surface area (Å²) in [6, 6.07) is 8.50. The zero-order chi connectivity index (χ0) is 12.8. The molecule has 0 amide bonds. The number of ether oxygens (including phenoxy) is 2. The summed E-state index contributed by atoms with van der Waals surface area (Å²) < 4.78 is 10.7. The zero-order valence-electron chi connectivity index (χ0n) is 11.4. The quantitative estimate of drug-likeness (QED) is 0.869. The Morgan fingerprint density at radius 2 is 1.89 bits per heavy atom. The molecule has 1 heterocycles. The van der Waals surface area contributed by atoms with Gasteiger partial charge >= 0.3 is 0 Å². The van der Waals surface area contributed by atoms with E-state index >= 15 is 0 Å². The van der Waals surface area contributed by atoms with E-state index in [2.05, 4.69) is 36.5 Å². The molecule has 0 atom stereocenters. The largest absolute Gasteiger partial charge is 0.497 e. The maximum absolute atomic E-state index is 5.52. The van der Waals surface area contributed by atoms with Crippen LogP contribution in [0.25, 0.3) is 0 Å². The lowest BCUT2D eigenvalue weighted by Crippen LogP contribution is -2.42. The smallest absolute Gasteiger partial charge is 0.118 e. The molecule has 3 nitrogen and oxygen atoms in total. The van der Waals surface area contributed by atoms with Gasteiger partial charge in [0.05, 0.1) is 7.11 Å². The second kappa shape index (κ2) is 6.21. The standard InChI is InChI=1S/C15H23NO2/c1-3-16-12-15(8-10-18-11-9-15)13-4-6-14(17-2)7-5-13/h4-7,16H,3,8-12H2,1-2H3. The average molecular weight is 249 g/mol. The first-order valence-electron chi connectivity index (χ1n) is 6.74. The Kier molecular flexibility index (Phi) is 4.61. The van der Waals surface area contributed by atoms with Crippen molar-refractivity contribution in [3.63, 3.8) is 0 Å². The van der Waals surface area contributed by atoms with Crippen LogP contribution in [0, 0.1) is 0 Å². The lowest BCUT2D eigenvalue weighted by molar-refractivity contribution is 0.0501. The van der Waals surface area contributed by atoms with E-state index in [-0.39, 0.29) is 5.41 Å². The van der Waals surface area contributed by atoms with Gasteiger partial charge in [-0.15, -0.1) is 0 Å². The highest BCUT2D eigenvalue weighted by Crippen LogP contribution is 2.35. The van der Waals surface area contributed by atoms with Crippen molar-refractivity contribution >= 4 is 0 Å². The number of hydrogen-bond acceptors (Lipinski definition) is 3. The third-order valence-corrected chi connectivity index (χ3v) is 3.87. The molecule has 1 aliphatic rings. The zero-order valence-corrected chi connectivity index (χ0v) is 11.4. The Morgan fingerprint density at radius 3 is 2.44 bits per heavy atom. The first-order chi connectivity index (χ1) is 8.80. The lowest BCUT2D eigenvalue weighted by atomic mass is 9.74. The first kappa shape index (κ1) is 13.4. The molecule has 18 heavy (non-hydrogen) atoms. The number of hydrogen-bond donors (Lipinski definition) is 1.